The number of aromatic nitrogens is 2. The average Bonchev–Trinajstić information content (AvgIpc) is 2.81. The van der Waals surface area contributed by atoms with Crippen molar-refractivity contribution in [3.8, 4) is 0 Å². The Morgan fingerprint density at radius 2 is 2.33 bits per heavy atom. The molecule has 6 heteroatoms. The molecule has 0 atom stereocenters. The van der Waals surface area contributed by atoms with Gasteiger partial charge in [-0.15, -0.1) is 0 Å². The van der Waals surface area contributed by atoms with E-state index in [9.17, 15) is 9.18 Å². The third kappa shape index (κ3) is 3.07. The third-order valence-electron chi connectivity index (χ3n) is 2.38. The summed E-state index contributed by atoms with van der Waals surface area (Å²) >= 11 is 5.78. The van der Waals surface area contributed by atoms with Gasteiger partial charge in [-0.3, -0.25) is 4.79 Å². The molecule has 0 fully saturated rings. The van der Waals surface area contributed by atoms with Crippen LogP contribution in [-0.2, 0) is 6.42 Å². The molecule has 0 spiro atoms. The van der Waals surface area contributed by atoms with E-state index >= 15 is 0 Å². The van der Waals surface area contributed by atoms with Crippen LogP contribution in [0.1, 0.15) is 16.2 Å². The molecule has 1 aromatic heterocycles. The molecule has 18 heavy (non-hydrogen) atoms. The van der Waals surface area contributed by atoms with Gasteiger partial charge in [0.1, 0.15) is 11.6 Å². The quantitative estimate of drug-likeness (QED) is 0.892. The summed E-state index contributed by atoms with van der Waals surface area (Å²) in [4.78, 5) is 18.7. The van der Waals surface area contributed by atoms with Crippen molar-refractivity contribution < 1.29 is 9.18 Å². The maximum Gasteiger partial charge on any atom is 0.252 e. The molecule has 0 unspecified atom stereocenters. The summed E-state index contributed by atoms with van der Waals surface area (Å²) in [5.41, 5.74) is 0.262. The second kappa shape index (κ2) is 5.64. The standard InChI is InChI=1S/C12H11ClFN3O/c13-10-7-8(14)1-2-9(10)12(18)17-4-3-11-15-5-6-16-11/h1-2,5-7H,3-4H2,(H,15,16)(H,17,18). The van der Waals surface area contributed by atoms with Crippen molar-refractivity contribution >= 4 is 17.5 Å². The Bertz CT molecular complexity index is 542. The number of rotatable bonds is 4. The Hall–Kier alpha value is -1.88. The second-order valence-corrected chi connectivity index (χ2v) is 4.07. The van der Waals surface area contributed by atoms with E-state index < -0.39 is 5.82 Å². The molecular formula is C12H11ClFN3O. The van der Waals surface area contributed by atoms with Gasteiger partial charge >= 0.3 is 0 Å². The van der Waals surface area contributed by atoms with Crippen LogP contribution in [0.4, 0.5) is 4.39 Å². The van der Waals surface area contributed by atoms with Crippen LogP contribution in [0.2, 0.25) is 5.02 Å². The predicted molar refractivity (Wildman–Crippen MR) is 66.0 cm³/mol. The van der Waals surface area contributed by atoms with Crippen LogP contribution < -0.4 is 5.32 Å². The smallest absolute Gasteiger partial charge is 0.252 e. The number of carbonyl (C=O) groups is 1. The van der Waals surface area contributed by atoms with Gasteiger partial charge in [-0.05, 0) is 18.2 Å². The van der Waals surface area contributed by atoms with Crippen molar-refractivity contribution in [3.05, 3.63) is 52.8 Å². The van der Waals surface area contributed by atoms with Gasteiger partial charge in [0.15, 0.2) is 0 Å². The van der Waals surface area contributed by atoms with Crippen molar-refractivity contribution in [3.63, 3.8) is 0 Å². The number of halogens is 2. The molecule has 0 aliphatic rings. The number of amides is 1. The summed E-state index contributed by atoms with van der Waals surface area (Å²) in [5, 5.41) is 2.79. The number of nitrogens with one attached hydrogen (secondary N) is 2. The average molecular weight is 268 g/mol. The lowest BCUT2D eigenvalue weighted by Crippen LogP contribution is -2.26. The second-order valence-electron chi connectivity index (χ2n) is 3.67. The summed E-state index contributed by atoms with van der Waals surface area (Å²) < 4.78 is 12.8. The Balaban J connectivity index is 1.91. The van der Waals surface area contributed by atoms with Gasteiger partial charge in [0.2, 0.25) is 0 Å². The first kappa shape index (κ1) is 12.6. The van der Waals surface area contributed by atoms with E-state index in [0.29, 0.717) is 13.0 Å². The summed E-state index contributed by atoms with van der Waals surface area (Å²) in [6.07, 6.45) is 3.96. The SMILES string of the molecule is O=C(NCCc1ncc[nH]1)c1ccc(F)cc1Cl. The maximum atomic E-state index is 12.8. The Labute approximate surface area is 108 Å². The van der Waals surface area contributed by atoms with Crippen LogP contribution in [0.5, 0.6) is 0 Å². The molecule has 0 bridgehead atoms. The maximum absolute atomic E-state index is 12.8. The molecule has 2 aromatic rings. The predicted octanol–water partition coefficient (Wildman–Crippen LogP) is 2.17. The summed E-state index contributed by atoms with van der Waals surface area (Å²) in [7, 11) is 0. The normalized spacial score (nSPS) is 10.3. The molecule has 1 heterocycles. The van der Waals surface area contributed by atoms with E-state index in [1.807, 2.05) is 0 Å². The first-order valence-electron chi connectivity index (χ1n) is 5.38. The van der Waals surface area contributed by atoms with Crippen molar-refractivity contribution in [2.45, 2.75) is 6.42 Å². The van der Waals surface area contributed by atoms with Crippen LogP contribution in [0.25, 0.3) is 0 Å². The molecule has 94 valence electrons. The number of benzene rings is 1. The lowest BCUT2D eigenvalue weighted by molar-refractivity contribution is 0.0954. The Kier molecular flexibility index (Phi) is 3.94. The van der Waals surface area contributed by atoms with Gasteiger partial charge in [0.25, 0.3) is 5.91 Å². The topological polar surface area (TPSA) is 57.8 Å². The van der Waals surface area contributed by atoms with E-state index in [4.69, 9.17) is 11.6 Å². The molecule has 4 nitrogen and oxygen atoms in total. The number of H-pyrrole nitrogens is 1. The highest BCUT2D eigenvalue weighted by molar-refractivity contribution is 6.33. The van der Waals surface area contributed by atoms with Gasteiger partial charge < -0.3 is 10.3 Å². The minimum Gasteiger partial charge on any atom is -0.352 e. The number of imidazole rings is 1. The highest BCUT2D eigenvalue weighted by Crippen LogP contribution is 2.16. The number of carbonyl (C=O) groups excluding carboxylic acids is 1. The van der Waals surface area contributed by atoms with Crippen LogP contribution in [0.15, 0.2) is 30.6 Å². The van der Waals surface area contributed by atoms with Gasteiger partial charge in [-0.25, -0.2) is 9.37 Å². The van der Waals surface area contributed by atoms with E-state index in [2.05, 4.69) is 15.3 Å². The molecule has 0 saturated carbocycles. The van der Waals surface area contributed by atoms with Gasteiger partial charge in [0.05, 0.1) is 10.6 Å². The highest BCUT2D eigenvalue weighted by atomic mass is 35.5. The van der Waals surface area contributed by atoms with E-state index in [0.717, 1.165) is 11.9 Å². The molecule has 1 aromatic carbocycles. The molecule has 0 saturated heterocycles. The first-order chi connectivity index (χ1) is 8.66. The number of hydrogen-bond donors (Lipinski definition) is 2. The van der Waals surface area contributed by atoms with Crippen molar-refractivity contribution in [1.82, 2.24) is 15.3 Å². The van der Waals surface area contributed by atoms with E-state index in [1.54, 1.807) is 12.4 Å². The molecule has 0 radical (unpaired) electrons. The van der Waals surface area contributed by atoms with Gasteiger partial charge in [-0.1, -0.05) is 11.6 Å². The third-order valence-corrected chi connectivity index (χ3v) is 2.69. The van der Waals surface area contributed by atoms with Crippen LogP contribution >= 0.6 is 11.6 Å². The number of aromatic amines is 1. The lowest BCUT2D eigenvalue weighted by atomic mass is 10.2. The summed E-state index contributed by atoms with van der Waals surface area (Å²) in [6.45, 7) is 0.431. The Morgan fingerprint density at radius 1 is 1.50 bits per heavy atom. The Morgan fingerprint density at radius 3 is 3.00 bits per heavy atom. The van der Waals surface area contributed by atoms with E-state index in [-0.39, 0.29) is 16.5 Å². The van der Waals surface area contributed by atoms with Gasteiger partial charge in [0, 0.05) is 25.4 Å². The molecule has 1 amide bonds. The minimum absolute atomic E-state index is 0.102. The fraction of sp³-hybridized carbons (Fsp3) is 0.167. The van der Waals surface area contributed by atoms with E-state index in [1.165, 1.54) is 12.1 Å². The number of nitrogens with zero attached hydrogens (tertiary/aromatic N) is 1. The first-order valence-corrected chi connectivity index (χ1v) is 5.76. The fourth-order valence-corrected chi connectivity index (χ4v) is 1.75. The summed E-state index contributed by atoms with van der Waals surface area (Å²) in [6, 6.07) is 3.68. The highest BCUT2D eigenvalue weighted by Gasteiger charge is 2.10. The monoisotopic (exact) mass is 267 g/mol. The zero-order valence-corrected chi connectivity index (χ0v) is 10.2. The molecular weight excluding hydrogens is 257 g/mol. The molecule has 0 aliphatic heterocycles. The van der Waals surface area contributed by atoms with Crippen LogP contribution in [0, 0.1) is 5.82 Å². The molecule has 2 N–H and O–H groups in total. The molecule has 2 rings (SSSR count). The fourth-order valence-electron chi connectivity index (χ4n) is 1.50. The summed E-state index contributed by atoms with van der Waals surface area (Å²) in [5.74, 6) is -0.000746. The lowest BCUT2D eigenvalue weighted by Gasteiger charge is -2.05. The van der Waals surface area contributed by atoms with Crippen molar-refractivity contribution in [2.24, 2.45) is 0 Å². The zero-order chi connectivity index (χ0) is 13.0. The van der Waals surface area contributed by atoms with Crippen LogP contribution in [0.3, 0.4) is 0 Å². The van der Waals surface area contributed by atoms with Gasteiger partial charge in [-0.2, -0.15) is 0 Å². The van der Waals surface area contributed by atoms with Crippen molar-refractivity contribution in [2.75, 3.05) is 6.54 Å². The number of hydrogen-bond acceptors (Lipinski definition) is 2. The minimum atomic E-state index is -0.466. The van der Waals surface area contributed by atoms with Crippen LogP contribution in [-0.4, -0.2) is 22.4 Å². The van der Waals surface area contributed by atoms with Crippen molar-refractivity contribution in [1.29, 1.82) is 0 Å². The largest absolute Gasteiger partial charge is 0.352 e. The zero-order valence-electron chi connectivity index (χ0n) is 9.41. The molecule has 0 aliphatic carbocycles.